The number of nitrogens with zero attached hydrogens (tertiary/aromatic N) is 2. The number of benzene rings is 7. The average molecular weight is 853 g/mol. The van der Waals surface area contributed by atoms with Crippen molar-refractivity contribution in [2.75, 3.05) is 9.71 Å². The summed E-state index contributed by atoms with van der Waals surface area (Å²) in [7, 11) is 0. The maximum atomic E-state index is 6.76. The SMILES string of the molecule is Cc1cc2c(cc1N1c3cc4c(sc5ccccc54)c4c3B(c3sc5ccccc5c31)N(c1ccc(C(C)(C)C)cc1)c1ccc3oc5ccccc5c3c1-4)C(C)(C)CCC2(C)C. The predicted octanol–water partition coefficient (Wildman–Crippen LogP) is 15.8. The summed E-state index contributed by atoms with van der Waals surface area (Å²) in [5.74, 6) is 0. The summed E-state index contributed by atoms with van der Waals surface area (Å²) >= 11 is 3.92. The van der Waals surface area contributed by atoms with Crippen LogP contribution in [0, 0.1) is 6.92 Å². The second-order valence-electron chi connectivity index (χ2n) is 20.8. The van der Waals surface area contributed by atoms with E-state index in [1.807, 2.05) is 22.7 Å². The number of hydrogen-bond acceptors (Lipinski definition) is 5. The predicted molar refractivity (Wildman–Crippen MR) is 274 cm³/mol. The van der Waals surface area contributed by atoms with Crippen molar-refractivity contribution in [3.8, 4) is 11.1 Å². The first-order chi connectivity index (χ1) is 30.3. The standard InChI is InChI=1S/C57H49BN2OS2/c1-32-29-39-40(57(7,8)28-27-56(39,5)6)31-42(32)59-43-30-38-35-15-10-13-19-46(35)62-53(38)50-49-41(25-26-45-48(49)36-16-9-12-18-44(36)61-45)60(34-23-21-33(22-24-34)55(2,3)4)58(51(43)50)54-52(59)37-17-11-14-20-47(37)63-54/h9-26,29-31H,27-28H2,1-8H3. The van der Waals surface area contributed by atoms with Crippen LogP contribution in [0.5, 0.6) is 0 Å². The third-order valence-corrected chi connectivity index (χ3v) is 17.4. The van der Waals surface area contributed by atoms with E-state index in [0.29, 0.717) is 0 Å². The largest absolute Gasteiger partial charge is 0.456 e. The van der Waals surface area contributed by atoms with Crippen molar-refractivity contribution in [2.45, 2.75) is 84.5 Å². The Bertz CT molecular complexity index is 3600. The average Bonchev–Trinajstić information content (AvgIpc) is 3.97. The number of aryl methyl sites for hydroxylation is 1. The van der Waals surface area contributed by atoms with Crippen LogP contribution in [0.1, 0.15) is 83.6 Å². The van der Waals surface area contributed by atoms with Gasteiger partial charge in [-0.05, 0) is 118 Å². The lowest BCUT2D eigenvalue weighted by atomic mass is 9.46. The number of anilines is 5. The number of fused-ring (bicyclic) bond motifs is 15. The molecule has 0 saturated heterocycles. The van der Waals surface area contributed by atoms with E-state index in [1.54, 1.807) is 0 Å². The molecule has 5 heterocycles. The lowest BCUT2D eigenvalue weighted by Crippen LogP contribution is -2.60. The van der Waals surface area contributed by atoms with Gasteiger partial charge in [0.05, 0.1) is 5.69 Å². The first-order valence-electron chi connectivity index (χ1n) is 22.6. The van der Waals surface area contributed by atoms with Gasteiger partial charge in [-0.3, -0.25) is 0 Å². The summed E-state index contributed by atoms with van der Waals surface area (Å²) in [4.78, 5) is 5.40. The molecule has 0 spiro atoms. The Morgan fingerprint density at radius 3 is 1.98 bits per heavy atom. The second-order valence-corrected chi connectivity index (χ2v) is 22.9. The highest BCUT2D eigenvalue weighted by Crippen LogP contribution is 2.57. The van der Waals surface area contributed by atoms with Gasteiger partial charge in [0.1, 0.15) is 11.2 Å². The Labute approximate surface area is 377 Å². The molecule has 308 valence electrons. The molecule has 0 atom stereocenters. The normalized spacial score (nSPS) is 16.3. The van der Waals surface area contributed by atoms with Gasteiger partial charge in [0.2, 0.25) is 0 Å². The minimum Gasteiger partial charge on any atom is -0.456 e. The number of rotatable bonds is 2. The van der Waals surface area contributed by atoms with Crippen molar-refractivity contribution in [3.05, 3.63) is 150 Å². The van der Waals surface area contributed by atoms with E-state index >= 15 is 0 Å². The van der Waals surface area contributed by atoms with E-state index < -0.39 is 0 Å². The van der Waals surface area contributed by atoms with E-state index in [-0.39, 0.29) is 23.1 Å². The van der Waals surface area contributed by atoms with Crippen LogP contribution in [-0.2, 0) is 16.2 Å². The molecule has 13 rings (SSSR count). The molecule has 0 unspecified atom stereocenters. The van der Waals surface area contributed by atoms with Crippen molar-refractivity contribution in [2.24, 2.45) is 0 Å². The highest BCUT2D eigenvalue weighted by molar-refractivity contribution is 7.33. The Morgan fingerprint density at radius 1 is 0.603 bits per heavy atom. The highest BCUT2D eigenvalue weighted by atomic mass is 32.1. The van der Waals surface area contributed by atoms with E-state index in [9.17, 15) is 0 Å². The van der Waals surface area contributed by atoms with Crippen LogP contribution >= 0.6 is 22.7 Å². The first kappa shape index (κ1) is 37.7. The Morgan fingerprint density at radius 2 is 1.25 bits per heavy atom. The zero-order valence-electron chi connectivity index (χ0n) is 37.2. The van der Waals surface area contributed by atoms with Crippen LogP contribution in [-0.4, -0.2) is 6.85 Å². The van der Waals surface area contributed by atoms with E-state index in [2.05, 4.69) is 192 Å². The molecule has 7 aromatic carbocycles. The van der Waals surface area contributed by atoms with Crippen LogP contribution in [0.4, 0.5) is 28.4 Å². The molecule has 3 aliphatic rings. The Kier molecular flexibility index (Phi) is 7.59. The smallest absolute Gasteiger partial charge is 0.343 e. The second kappa shape index (κ2) is 12.7. The van der Waals surface area contributed by atoms with Gasteiger partial charge in [0.25, 0.3) is 0 Å². The van der Waals surface area contributed by atoms with Gasteiger partial charge in [-0.2, -0.15) is 0 Å². The number of para-hydroxylation sites is 1. The number of hydrogen-bond donors (Lipinski definition) is 0. The molecule has 2 aliphatic heterocycles. The van der Waals surface area contributed by atoms with E-state index in [4.69, 9.17) is 4.42 Å². The van der Waals surface area contributed by atoms with Crippen LogP contribution in [0.15, 0.2) is 132 Å². The van der Waals surface area contributed by atoms with E-state index in [1.165, 1.54) is 121 Å². The molecule has 0 radical (unpaired) electrons. The molecule has 0 fully saturated rings. The lowest BCUT2D eigenvalue weighted by molar-refractivity contribution is 0.332. The van der Waals surface area contributed by atoms with Gasteiger partial charge in [-0.1, -0.05) is 121 Å². The molecule has 0 saturated carbocycles. The molecule has 0 amide bonds. The summed E-state index contributed by atoms with van der Waals surface area (Å²) in [5, 5.41) is 6.27. The molecule has 1 aliphatic carbocycles. The number of thiophene rings is 2. The van der Waals surface area contributed by atoms with Gasteiger partial charge in [-0.15, -0.1) is 22.7 Å². The third-order valence-electron chi connectivity index (χ3n) is 15.0. The summed E-state index contributed by atoms with van der Waals surface area (Å²) in [6, 6.07) is 48.6. The summed E-state index contributed by atoms with van der Waals surface area (Å²) in [6.45, 7) is 19.0. The van der Waals surface area contributed by atoms with Gasteiger partial charge < -0.3 is 14.1 Å². The van der Waals surface area contributed by atoms with Crippen molar-refractivity contribution < 1.29 is 4.42 Å². The molecule has 0 bridgehead atoms. The van der Waals surface area contributed by atoms with Crippen LogP contribution in [0.2, 0.25) is 0 Å². The van der Waals surface area contributed by atoms with E-state index in [0.717, 1.165) is 16.6 Å². The minimum absolute atomic E-state index is 0.0350. The van der Waals surface area contributed by atoms with Gasteiger partial charge in [0, 0.05) is 79.7 Å². The van der Waals surface area contributed by atoms with Crippen LogP contribution in [0.25, 0.3) is 63.3 Å². The molecule has 6 heteroatoms. The van der Waals surface area contributed by atoms with Crippen molar-refractivity contribution in [1.29, 1.82) is 0 Å². The monoisotopic (exact) mass is 852 g/mol. The zero-order valence-corrected chi connectivity index (χ0v) is 38.9. The summed E-state index contributed by atoms with van der Waals surface area (Å²) in [6.07, 6.45) is 2.36. The van der Waals surface area contributed by atoms with Gasteiger partial charge in [-0.25, -0.2) is 0 Å². The number of furan rings is 1. The maximum Gasteiger partial charge on any atom is 0.343 e. The molecule has 3 aromatic heterocycles. The molecular formula is C57H49BN2OS2. The summed E-state index contributed by atoms with van der Waals surface area (Å²) in [5.41, 5.74) is 17.9. The minimum atomic E-state index is -0.0785. The van der Waals surface area contributed by atoms with Gasteiger partial charge >= 0.3 is 6.85 Å². The first-order valence-corrected chi connectivity index (χ1v) is 24.2. The Balaban J connectivity index is 1.23. The van der Waals surface area contributed by atoms with Crippen LogP contribution < -0.4 is 20.0 Å². The molecule has 0 N–H and O–H groups in total. The third kappa shape index (κ3) is 5.14. The fraction of sp³-hybridized carbons (Fsp3) is 0.228. The molecular weight excluding hydrogens is 804 g/mol. The quantitative estimate of drug-likeness (QED) is 0.162. The zero-order chi connectivity index (χ0) is 42.9. The highest BCUT2D eigenvalue weighted by Gasteiger charge is 2.49. The van der Waals surface area contributed by atoms with Crippen molar-refractivity contribution >= 4 is 120 Å². The topological polar surface area (TPSA) is 19.6 Å². The van der Waals surface area contributed by atoms with Crippen molar-refractivity contribution in [1.82, 2.24) is 0 Å². The fourth-order valence-corrected chi connectivity index (χ4v) is 14.1. The molecule has 63 heavy (non-hydrogen) atoms. The van der Waals surface area contributed by atoms with Crippen LogP contribution in [0.3, 0.4) is 0 Å². The lowest BCUT2D eigenvalue weighted by Gasteiger charge is -2.46. The molecule has 10 aromatic rings. The fourth-order valence-electron chi connectivity index (χ4n) is 11.5. The summed E-state index contributed by atoms with van der Waals surface area (Å²) < 4.78 is 12.1. The maximum absolute atomic E-state index is 6.76. The van der Waals surface area contributed by atoms with Gasteiger partial charge in [0.15, 0.2) is 0 Å². The molecule has 3 nitrogen and oxygen atoms in total. The Hall–Kier alpha value is -5.82. The van der Waals surface area contributed by atoms with Crippen molar-refractivity contribution in [3.63, 3.8) is 0 Å².